The number of methoxy groups -OCH3 is 1. The third-order valence-corrected chi connectivity index (χ3v) is 6.06. The fourth-order valence-corrected chi connectivity index (χ4v) is 4.41. The van der Waals surface area contributed by atoms with E-state index in [0.29, 0.717) is 5.56 Å². The first-order valence-electron chi connectivity index (χ1n) is 10.7. The Labute approximate surface area is 187 Å². The molecule has 0 N–H and O–H groups in total. The Morgan fingerprint density at radius 2 is 1.66 bits per heavy atom. The van der Waals surface area contributed by atoms with Gasteiger partial charge in [0.05, 0.1) is 30.0 Å². The van der Waals surface area contributed by atoms with Crippen LogP contribution in [0.2, 0.25) is 0 Å². The standard InChI is InChI=1S/C27H23FN3O/c1-32-27-12-7-20(16-24(27)28)26-17-21-15-23(30-13-3-2-4-14-30)10-11-25(21)31(26)22-8-5-19(18-29)6-9-22/h2,5-12,15-17H,3-4,13-14H2,1H3. The third kappa shape index (κ3) is 3.58. The molecule has 0 atom stereocenters. The lowest BCUT2D eigenvalue weighted by Crippen LogP contribution is -2.29. The van der Waals surface area contributed by atoms with E-state index < -0.39 is 5.82 Å². The lowest BCUT2D eigenvalue weighted by Gasteiger charge is -2.28. The molecule has 0 spiro atoms. The van der Waals surface area contributed by atoms with Crippen LogP contribution in [0, 0.1) is 23.6 Å². The summed E-state index contributed by atoms with van der Waals surface area (Å²) in [7, 11) is 1.46. The lowest BCUT2D eigenvalue weighted by atomic mass is 10.1. The van der Waals surface area contributed by atoms with Gasteiger partial charge in [-0.15, -0.1) is 0 Å². The summed E-state index contributed by atoms with van der Waals surface area (Å²) in [6.45, 7) is 2.05. The molecule has 5 heteroatoms. The van der Waals surface area contributed by atoms with E-state index in [1.807, 2.05) is 18.2 Å². The molecule has 0 amide bonds. The SMILES string of the molecule is COc1ccc(-c2cc3cc(N4CC[CH]CC4)ccc3n2-c2ccc(C#N)cc2)cc1F. The largest absolute Gasteiger partial charge is 0.494 e. The number of fused-ring (bicyclic) bond motifs is 1. The average Bonchev–Trinajstić information content (AvgIpc) is 3.23. The van der Waals surface area contributed by atoms with E-state index in [4.69, 9.17) is 4.74 Å². The minimum absolute atomic E-state index is 0.221. The van der Waals surface area contributed by atoms with Crippen LogP contribution in [0.15, 0.2) is 66.7 Å². The van der Waals surface area contributed by atoms with Crippen LogP contribution in [0.1, 0.15) is 18.4 Å². The molecule has 5 rings (SSSR count). The van der Waals surface area contributed by atoms with E-state index in [2.05, 4.69) is 46.2 Å². The van der Waals surface area contributed by atoms with Crippen LogP contribution >= 0.6 is 0 Å². The van der Waals surface area contributed by atoms with E-state index in [-0.39, 0.29) is 5.75 Å². The molecule has 1 aromatic heterocycles. The topological polar surface area (TPSA) is 41.2 Å². The first-order chi connectivity index (χ1) is 15.7. The molecule has 0 bridgehead atoms. The van der Waals surface area contributed by atoms with E-state index in [0.717, 1.165) is 53.8 Å². The molecule has 32 heavy (non-hydrogen) atoms. The van der Waals surface area contributed by atoms with Gasteiger partial charge >= 0.3 is 0 Å². The van der Waals surface area contributed by atoms with Crippen molar-refractivity contribution in [3.8, 4) is 28.8 Å². The van der Waals surface area contributed by atoms with Gasteiger partial charge in [-0.1, -0.05) is 0 Å². The fraction of sp³-hybridized carbons (Fsp3) is 0.185. The van der Waals surface area contributed by atoms with Crippen LogP contribution in [-0.4, -0.2) is 24.8 Å². The summed E-state index contributed by atoms with van der Waals surface area (Å²) in [5, 5.41) is 10.3. The van der Waals surface area contributed by atoms with Gasteiger partial charge in [0, 0.05) is 35.4 Å². The van der Waals surface area contributed by atoms with Gasteiger partial charge < -0.3 is 14.2 Å². The summed E-state index contributed by atoms with van der Waals surface area (Å²) in [4.78, 5) is 2.41. The Bertz CT molecular complexity index is 1310. The summed E-state index contributed by atoms with van der Waals surface area (Å²) in [6.07, 6.45) is 4.54. The number of benzene rings is 3. The molecule has 159 valence electrons. The predicted molar refractivity (Wildman–Crippen MR) is 126 cm³/mol. The Hall–Kier alpha value is -3.78. The highest BCUT2D eigenvalue weighted by atomic mass is 19.1. The van der Waals surface area contributed by atoms with E-state index in [1.54, 1.807) is 18.2 Å². The lowest BCUT2D eigenvalue weighted by molar-refractivity contribution is 0.386. The van der Waals surface area contributed by atoms with Gasteiger partial charge in [0.15, 0.2) is 11.6 Å². The van der Waals surface area contributed by atoms with Crippen LogP contribution in [0.4, 0.5) is 10.1 Å². The zero-order valence-corrected chi connectivity index (χ0v) is 17.9. The maximum atomic E-state index is 14.6. The number of anilines is 1. The molecule has 4 nitrogen and oxygen atoms in total. The molecular weight excluding hydrogens is 401 g/mol. The number of halogens is 1. The monoisotopic (exact) mass is 424 g/mol. The van der Waals surface area contributed by atoms with E-state index in [9.17, 15) is 9.65 Å². The Kier molecular flexibility index (Phi) is 5.28. The van der Waals surface area contributed by atoms with Gasteiger partial charge in [0.25, 0.3) is 0 Å². The number of piperidine rings is 1. The van der Waals surface area contributed by atoms with Gasteiger partial charge in [-0.25, -0.2) is 4.39 Å². The average molecular weight is 424 g/mol. The minimum Gasteiger partial charge on any atom is -0.494 e. The molecule has 1 radical (unpaired) electrons. The second-order valence-electron chi connectivity index (χ2n) is 7.97. The van der Waals surface area contributed by atoms with Gasteiger partial charge in [-0.3, -0.25) is 0 Å². The first-order valence-corrected chi connectivity index (χ1v) is 10.7. The molecule has 2 heterocycles. The molecular formula is C27H23FN3O. The van der Waals surface area contributed by atoms with Crippen LogP contribution in [0.5, 0.6) is 5.75 Å². The Balaban J connectivity index is 1.69. The van der Waals surface area contributed by atoms with Crippen molar-refractivity contribution in [2.75, 3.05) is 25.1 Å². The van der Waals surface area contributed by atoms with Gasteiger partial charge in [-0.05, 0) is 86.0 Å². The summed E-state index contributed by atoms with van der Waals surface area (Å²) < 4.78 is 21.8. The van der Waals surface area contributed by atoms with Crippen molar-refractivity contribution in [3.63, 3.8) is 0 Å². The van der Waals surface area contributed by atoms with Gasteiger partial charge in [-0.2, -0.15) is 5.26 Å². The fourth-order valence-electron chi connectivity index (χ4n) is 4.41. The maximum Gasteiger partial charge on any atom is 0.165 e. The molecule has 0 unspecified atom stereocenters. The quantitative estimate of drug-likeness (QED) is 0.396. The van der Waals surface area contributed by atoms with Gasteiger partial charge in [0.2, 0.25) is 0 Å². The first kappa shape index (κ1) is 20.1. The number of rotatable bonds is 4. The molecule has 1 saturated heterocycles. The Morgan fingerprint density at radius 3 is 2.34 bits per heavy atom. The summed E-state index contributed by atoms with van der Waals surface area (Å²) in [6, 6.07) is 23.3. The highest BCUT2D eigenvalue weighted by molar-refractivity contribution is 5.91. The van der Waals surface area contributed by atoms with Crippen LogP contribution in [0.3, 0.4) is 0 Å². The smallest absolute Gasteiger partial charge is 0.165 e. The van der Waals surface area contributed by atoms with Crippen molar-refractivity contribution in [1.29, 1.82) is 5.26 Å². The number of nitrogens with zero attached hydrogens (tertiary/aromatic N) is 3. The van der Waals surface area contributed by atoms with Crippen molar-refractivity contribution in [2.45, 2.75) is 12.8 Å². The van der Waals surface area contributed by atoms with Crippen LogP contribution in [0.25, 0.3) is 27.8 Å². The summed E-state index contributed by atoms with van der Waals surface area (Å²) in [5.41, 5.74) is 5.41. The van der Waals surface area contributed by atoms with Gasteiger partial charge in [0.1, 0.15) is 0 Å². The highest BCUT2D eigenvalue weighted by Gasteiger charge is 2.17. The number of hydrogen-bond acceptors (Lipinski definition) is 3. The van der Waals surface area contributed by atoms with Crippen molar-refractivity contribution >= 4 is 16.6 Å². The zero-order chi connectivity index (χ0) is 22.1. The second kappa shape index (κ2) is 8.39. The number of aromatic nitrogens is 1. The van der Waals surface area contributed by atoms with Crippen molar-refractivity contribution in [3.05, 3.63) is 84.5 Å². The molecule has 1 fully saturated rings. The van der Waals surface area contributed by atoms with Crippen molar-refractivity contribution in [1.82, 2.24) is 4.57 Å². The molecule has 4 aromatic rings. The molecule has 1 aliphatic rings. The van der Waals surface area contributed by atoms with Crippen LogP contribution in [-0.2, 0) is 0 Å². The van der Waals surface area contributed by atoms with E-state index >= 15 is 0 Å². The van der Waals surface area contributed by atoms with Crippen molar-refractivity contribution < 1.29 is 9.13 Å². The summed E-state index contributed by atoms with van der Waals surface area (Å²) in [5.74, 6) is -0.175. The number of nitriles is 1. The minimum atomic E-state index is -0.396. The molecule has 1 aliphatic heterocycles. The zero-order valence-electron chi connectivity index (χ0n) is 17.9. The Morgan fingerprint density at radius 1 is 0.906 bits per heavy atom. The van der Waals surface area contributed by atoms with Crippen molar-refractivity contribution in [2.24, 2.45) is 0 Å². The predicted octanol–water partition coefficient (Wildman–Crippen LogP) is 6.12. The van der Waals surface area contributed by atoms with E-state index in [1.165, 1.54) is 18.9 Å². The molecule has 3 aromatic carbocycles. The number of ether oxygens (including phenoxy) is 1. The van der Waals surface area contributed by atoms with Crippen LogP contribution < -0.4 is 9.64 Å². The number of hydrogen-bond donors (Lipinski definition) is 0. The molecule has 0 saturated carbocycles. The molecule has 0 aliphatic carbocycles. The third-order valence-electron chi connectivity index (χ3n) is 6.06. The summed E-state index contributed by atoms with van der Waals surface area (Å²) >= 11 is 0. The second-order valence-corrected chi connectivity index (χ2v) is 7.97. The highest BCUT2D eigenvalue weighted by Crippen LogP contribution is 2.35. The normalized spacial score (nSPS) is 13.8. The maximum absolute atomic E-state index is 14.6.